The lowest BCUT2D eigenvalue weighted by Gasteiger charge is -2.23. The van der Waals surface area contributed by atoms with Gasteiger partial charge in [0.25, 0.3) is 0 Å². The van der Waals surface area contributed by atoms with Crippen LogP contribution in [0.1, 0.15) is 12.8 Å². The smallest absolute Gasteiger partial charge is 0.223 e. The van der Waals surface area contributed by atoms with Crippen molar-refractivity contribution in [3.8, 4) is 0 Å². The summed E-state index contributed by atoms with van der Waals surface area (Å²) >= 11 is 3.29. The van der Waals surface area contributed by atoms with Crippen LogP contribution in [0, 0.1) is 0 Å². The molecule has 0 saturated carbocycles. The van der Waals surface area contributed by atoms with Gasteiger partial charge >= 0.3 is 0 Å². The van der Waals surface area contributed by atoms with E-state index in [1.807, 2.05) is 19.0 Å². The predicted octanol–water partition coefficient (Wildman–Crippen LogP) is 1.20. The molecule has 5 heteroatoms. The molecule has 0 saturated heterocycles. The summed E-state index contributed by atoms with van der Waals surface area (Å²) < 4.78 is 5.01. The second-order valence-corrected chi connectivity index (χ2v) is 4.76. The zero-order chi connectivity index (χ0) is 12.4. The Balaban J connectivity index is 3.94. The number of hydrogen-bond donors (Lipinski definition) is 0. The van der Waals surface area contributed by atoms with Gasteiger partial charge in [-0.1, -0.05) is 15.9 Å². The van der Waals surface area contributed by atoms with E-state index in [4.69, 9.17) is 4.74 Å². The largest absolute Gasteiger partial charge is 0.383 e. The summed E-state index contributed by atoms with van der Waals surface area (Å²) in [5, 5.41) is 0.725. The molecular weight excluding hydrogens is 272 g/mol. The molecule has 0 aliphatic rings. The molecule has 0 bridgehead atoms. The summed E-state index contributed by atoms with van der Waals surface area (Å²) in [5.74, 6) is 0.202. The Kier molecular flexibility index (Phi) is 9.97. The van der Waals surface area contributed by atoms with Gasteiger partial charge in [0.2, 0.25) is 5.91 Å². The minimum absolute atomic E-state index is 0.202. The summed E-state index contributed by atoms with van der Waals surface area (Å²) in [5.41, 5.74) is 0. The average Bonchev–Trinajstić information content (AvgIpc) is 2.22. The molecule has 0 rings (SSSR count). The molecule has 0 atom stereocenters. The van der Waals surface area contributed by atoms with Gasteiger partial charge in [0, 0.05) is 32.0 Å². The lowest BCUT2D eigenvalue weighted by Crippen LogP contribution is -2.36. The number of amides is 1. The Morgan fingerprint density at radius 2 is 1.94 bits per heavy atom. The Morgan fingerprint density at radius 3 is 2.44 bits per heavy atom. The standard InChI is InChI=1S/C11H23BrN2O2/c1-13(2)7-4-8-14(9-10-16-3)11(15)5-6-12/h4-10H2,1-3H3. The number of methoxy groups -OCH3 is 1. The Bertz CT molecular complexity index is 189. The minimum atomic E-state index is 0.202. The molecule has 0 heterocycles. The van der Waals surface area contributed by atoms with Crippen molar-refractivity contribution in [3.63, 3.8) is 0 Å². The molecule has 0 aliphatic carbocycles. The number of carbonyl (C=O) groups excluding carboxylic acids is 1. The van der Waals surface area contributed by atoms with Gasteiger partial charge in [-0.15, -0.1) is 0 Å². The maximum absolute atomic E-state index is 11.8. The molecule has 0 aromatic rings. The van der Waals surface area contributed by atoms with E-state index in [1.54, 1.807) is 7.11 Å². The molecular formula is C11H23BrN2O2. The van der Waals surface area contributed by atoms with E-state index < -0.39 is 0 Å². The third kappa shape index (κ3) is 8.07. The molecule has 1 amide bonds. The van der Waals surface area contributed by atoms with Crippen molar-refractivity contribution in [2.75, 3.05) is 52.8 Å². The first-order chi connectivity index (χ1) is 7.61. The molecule has 4 nitrogen and oxygen atoms in total. The van der Waals surface area contributed by atoms with Gasteiger partial charge in [-0.25, -0.2) is 0 Å². The van der Waals surface area contributed by atoms with E-state index in [0.717, 1.165) is 24.8 Å². The highest BCUT2D eigenvalue weighted by Crippen LogP contribution is 2.00. The van der Waals surface area contributed by atoms with E-state index in [1.165, 1.54) is 0 Å². The molecule has 16 heavy (non-hydrogen) atoms. The van der Waals surface area contributed by atoms with Gasteiger partial charge in [-0.05, 0) is 27.1 Å². The van der Waals surface area contributed by atoms with E-state index in [2.05, 4.69) is 20.8 Å². The first-order valence-corrected chi connectivity index (χ1v) is 6.71. The van der Waals surface area contributed by atoms with Crippen LogP contribution in [0.4, 0.5) is 0 Å². The summed E-state index contributed by atoms with van der Waals surface area (Å²) in [6.07, 6.45) is 1.57. The Hall–Kier alpha value is -0.130. The lowest BCUT2D eigenvalue weighted by atomic mass is 10.3. The fraction of sp³-hybridized carbons (Fsp3) is 0.909. The summed E-state index contributed by atoms with van der Waals surface area (Å²) in [4.78, 5) is 15.8. The third-order valence-corrected chi connectivity index (χ3v) is 2.66. The number of alkyl halides is 1. The molecule has 0 unspecified atom stereocenters. The third-order valence-electron chi connectivity index (χ3n) is 2.26. The monoisotopic (exact) mass is 294 g/mol. The SMILES string of the molecule is COCCN(CCCN(C)C)C(=O)CCBr. The number of hydrogen-bond acceptors (Lipinski definition) is 3. The van der Waals surface area contributed by atoms with Crippen molar-refractivity contribution in [1.29, 1.82) is 0 Å². The zero-order valence-electron chi connectivity index (χ0n) is 10.5. The predicted molar refractivity (Wildman–Crippen MR) is 70.0 cm³/mol. The summed E-state index contributed by atoms with van der Waals surface area (Å²) in [6, 6.07) is 0. The van der Waals surface area contributed by atoms with Gasteiger partial charge in [0.15, 0.2) is 0 Å². The molecule has 0 aromatic heterocycles. The summed E-state index contributed by atoms with van der Waals surface area (Å²) in [7, 11) is 5.74. The molecule has 0 N–H and O–H groups in total. The number of rotatable bonds is 9. The van der Waals surface area contributed by atoms with Crippen molar-refractivity contribution < 1.29 is 9.53 Å². The highest BCUT2D eigenvalue weighted by Gasteiger charge is 2.11. The first-order valence-electron chi connectivity index (χ1n) is 5.59. The average molecular weight is 295 g/mol. The maximum atomic E-state index is 11.8. The van der Waals surface area contributed by atoms with Crippen molar-refractivity contribution in [2.24, 2.45) is 0 Å². The quantitative estimate of drug-likeness (QED) is 0.599. The van der Waals surface area contributed by atoms with Crippen LogP contribution in [-0.2, 0) is 9.53 Å². The zero-order valence-corrected chi connectivity index (χ0v) is 12.1. The number of halogens is 1. The summed E-state index contributed by atoms with van der Waals surface area (Å²) in [6.45, 7) is 3.12. The van der Waals surface area contributed by atoms with E-state index in [-0.39, 0.29) is 5.91 Å². The first kappa shape index (κ1) is 15.9. The van der Waals surface area contributed by atoms with Crippen LogP contribution in [0.2, 0.25) is 0 Å². The molecule has 96 valence electrons. The van der Waals surface area contributed by atoms with Crippen molar-refractivity contribution >= 4 is 21.8 Å². The van der Waals surface area contributed by atoms with Crippen LogP contribution < -0.4 is 0 Å². The van der Waals surface area contributed by atoms with Crippen LogP contribution in [0.5, 0.6) is 0 Å². The topological polar surface area (TPSA) is 32.8 Å². The van der Waals surface area contributed by atoms with Gasteiger partial charge in [-0.2, -0.15) is 0 Å². The van der Waals surface area contributed by atoms with Crippen LogP contribution in [0.25, 0.3) is 0 Å². The van der Waals surface area contributed by atoms with Crippen LogP contribution >= 0.6 is 15.9 Å². The van der Waals surface area contributed by atoms with Crippen LogP contribution in [0.15, 0.2) is 0 Å². The molecule has 0 radical (unpaired) electrons. The van der Waals surface area contributed by atoms with Gasteiger partial charge in [0.1, 0.15) is 0 Å². The fourth-order valence-corrected chi connectivity index (χ4v) is 1.72. The second-order valence-electron chi connectivity index (χ2n) is 3.97. The second kappa shape index (κ2) is 10.1. The van der Waals surface area contributed by atoms with Crippen molar-refractivity contribution in [3.05, 3.63) is 0 Å². The molecule has 0 spiro atoms. The van der Waals surface area contributed by atoms with Gasteiger partial charge in [0.05, 0.1) is 6.61 Å². The normalized spacial score (nSPS) is 10.8. The van der Waals surface area contributed by atoms with Crippen molar-refractivity contribution in [1.82, 2.24) is 9.80 Å². The molecule has 0 aliphatic heterocycles. The van der Waals surface area contributed by atoms with Gasteiger partial charge in [-0.3, -0.25) is 4.79 Å². The number of nitrogens with zero attached hydrogens (tertiary/aromatic N) is 2. The highest BCUT2D eigenvalue weighted by atomic mass is 79.9. The number of ether oxygens (including phenoxy) is 1. The molecule has 0 aromatic carbocycles. The minimum Gasteiger partial charge on any atom is -0.383 e. The van der Waals surface area contributed by atoms with Crippen LogP contribution in [0.3, 0.4) is 0 Å². The van der Waals surface area contributed by atoms with E-state index >= 15 is 0 Å². The fourth-order valence-electron chi connectivity index (χ4n) is 1.38. The lowest BCUT2D eigenvalue weighted by molar-refractivity contribution is -0.131. The number of carbonyl (C=O) groups is 1. The van der Waals surface area contributed by atoms with E-state index in [0.29, 0.717) is 19.6 Å². The Morgan fingerprint density at radius 1 is 1.25 bits per heavy atom. The Labute approximate surface area is 107 Å². The molecule has 0 fully saturated rings. The van der Waals surface area contributed by atoms with Crippen LogP contribution in [-0.4, -0.2) is 68.5 Å². The van der Waals surface area contributed by atoms with E-state index in [9.17, 15) is 4.79 Å². The highest BCUT2D eigenvalue weighted by molar-refractivity contribution is 9.09. The van der Waals surface area contributed by atoms with Gasteiger partial charge < -0.3 is 14.5 Å². The van der Waals surface area contributed by atoms with Crippen molar-refractivity contribution in [2.45, 2.75) is 12.8 Å². The maximum Gasteiger partial charge on any atom is 0.223 e.